The second-order valence-electron chi connectivity index (χ2n) is 3.15. The third-order valence-corrected chi connectivity index (χ3v) is 1.96. The van der Waals surface area contributed by atoms with Gasteiger partial charge in [0.15, 0.2) is 0 Å². The van der Waals surface area contributed by atoms with E-state index in [1.807, 2.05) is 0 Å². The van der Waals surface area contributed by atoms with Crippen LogP contribution >= 0.6 is 0 Å². The summed E-state index contributed by atoms with van der Waals surface area (Å²) in [6, 6.07) is 8.75. The second-order valence-corrected chi connectivity index (χ2v) is 3.15. The number of carbonyl (C=O) groups excluding carboxylic acids is 2. The average Bonchev–Trinajstić information content (AvgIpc) is 2.37. The van der Waals surface area contributed by atoms with Crippen molar-refractivity contribution in [3.05, 3.63) is 35.9 Å². The summed E-state index contributed by atoms with van der Waals surface area (Å²) >= 11 is 0. The predicted octanol–water partition coefficient (Wildman–Crippen LogP) is 0.872. The summed E-state index contributed by atoms with van der Waals surface area (Å²) in [5.41, 5.74) is 0.386. The van der Waals surface area contributed by atoms with E-state index < -0.39 is 17.9 Å². The van der Waals surface area contributed by atoms with Crippen molar-refractivity contribution in [1.29, 1.82) is 5.26 Å². The molecule has 0 unspecified atom stereocenters. The van der Waals surface area contributed by atoms with E-state index in [-0.39, 0.29) is 6.61 Å². The highest BCUT2D eigenvalue weighted by atomic mass is 16.5. The van der Waals surface area contributed by atoms with Gasteiger partial charge in [0.2, 0.25) is 6.04 Å². The smallest absolute Gasteiger partial charge is 0.343 e. The zero-order valence-corrected chi connectivity index (χ0v) is 9.34. The summed E-state index contributed by atoms with van der Waals surface area (Å²) < 4.78 is 4.66. The van der Waals surface area contributed by atoms with E-state index in [1.54, 1.807) is 43.3 Å². The topological polar surface area (TPSA) is 79.2 Å². The summed E-state index contributed by atoms with van der Waals surface area (Å²) in [5, 5.41) is 11.0. The van der Waals surface area contributed by atoms with Crippen LogP contribution in [0.3, 0.4) is 0 Å². The first-order valence-corrected chi connectivity index (χ1v) is 5.11. The minimum absolute atomic E-state index is 0.165. The van der Waals surface area contributed by atoms with Crippen molar-refractivity contribution in [3.63, 3.8) is 0 Å². The lowest BCUT2D eigenvalue weighted by molar-refractivity contribution is -0.143. The van der Waals surface area contributed by atoms with Gasteiger partial charge in [0.1, 0.15) is 0 Å². The lowest BCUT2D eigenvalue weighted by atomic mass is 10.2. The number of nitriles is 1. The second kappa shape index (κ2) is 6.28. The summed E-state index contributed by atoms with van der Waals surface area (Å²) in [5.74, 6) is -1.23. The number of rotatable bonds is 4. The Bertz CT molecular complexity index is 437. The Balaban J connectivity index is 2.67. The third-order valence-electron chi connectivity index (χ3n) is 1.96. The molecule has 0 bridgehead atoms. The van der Waals surface area contributed by atoms with Crippen LogP contribution in [0.4, 0.5) is 0 Å². The van der Waals surface area contributed by atoms with Crippen LogP contribution in [-0.4, -0.2) is 24.5 Å². The van der Waals surface area contributed by atoms with E-state index in [4.69, 9.17) is 5.26 Å². The van der Waals surface area contributed by atoms with Crippen molar-refractivity contribution >= 4 is 11.9 Å². The number of amides is 1. The molecule has 0 aliphatic carbocycles. The molecule has 0 radical (unpaired) electrons. The van der Waals surface area contributed by atoms with Crippen molar-refractivity contribution < 1.29 is 14.3 Å². The molecule has 0 saturated carbocycles. The molecule has 0 aliphatic rings. The van der Waals surface area contributed by atoms with Crippen LogP contribution in [0.15, 0.2) is 30.3 Å². The zero-order chi connectivity index (χ0) is 12.7. The van der Waals surface area contributed by atoms with Crippen molar-refractivity contribution in [1.82, 2.24) is 5.32 Å². The highest BCUT2D eigenvalue weighted by Gasteiger charge is 2.21. The summed E-state index contributed by atoms with van der Waals surface area (Å²) in [6.45, 7) is 1.80. The molecular weight excluding hydrogens is 220 g/mol. The molecule has 1 rings (SSSR count). The van der Waals surface area contributed by atoms with Gasteiger partial charge >= 0.3 is 5.97 Å². The molecule has 0 heterocycles. The van der Waals surface area contributed by atoms with E-state index >= 15 is 0 Å². The van der Waals surface area contributed by atoms with Crippen LogP contribution in [0, 0.1) is 11.3 Å². The first-order chi connectivity index (χ1) is 8.19. The molecule has 5 nitrogen and oxygen atoms in total. The number of carbonyl (C=O) groups is 2. The van der Waals surface area contributed by atoms with E-state index in [2.05, 4.69) is 10.1 Å². The molecule has 1 N–H and O–H groups in total. The number of nitrogens with one attached hydrogen (secondary N) is 1. The van der Waals surface area contributed by atoms with Gasteiger partial charge in [0, 0.05) is 5.56 Å². The maximum atomic E-state index is 11.7. The normalized spacial score (nSPS) is 11.1. The molecule has 0 spiro atoms. The molecule has 88 valence electrons. The van der Waals surface area contributed by atoms with Gasteiger partial charge in [-0.2, -0.15) is 5.26 Å². The van der Waals surface area contributed by atoms with Crippen molar-refractivity contribution in [2.45, 2.75) is 13.0 Å². The number of hydrogen-bond donors (Lipinski definition) is 1. The zero-order valence-electron chi connectivity index (χ0n) is 9.34. The Morgan fingerprint density at radius 2 is 2.06 bits per heavy atom. The van der Waals surface area contributed by atoms with Crippen molar-refractivity contribution in [2.75, 3.05) is 6.61 Å². The highest BCUT2D eigenvalue weighted by Crippen LogP contribution is 1.99. The van der Waals surface area contributed by atoms with E-state index in [0.717, 1.165) is 0 Å². The highest BCUT2D eigenvalue weighted by molar-refractivity contribution is 5.97. The Kier molecular flexibility index (Phi) is 4.70. The molecule has 0 aromatic heterocycles. The number of esters is 1. The molecule has 0 fully saturated rings. The fraction of sp³-hybridized carbons (Fsp3) is 0.250. The maximum Gasteiger partial charge on any atom is 0.343 e. The fourth-order valence-corrected chi connectivity index (χ4v) is 1.17. The molecular formula is C12H12N2O3. The van der Waals surface area contributed by atoms with Gasteiger partial charge < -0.3 is 10.1 Å². The summed E-state index contributed by atoms with van der Waals surface area (Å²) in [6.07, 6.45) is 0. The maximum absolute atomic E-state index is 11.7. The predicted molar refractivity (Wildman–Crippen MR) is 59.9 cm³/mol. The van der Waals surface area contributed by atoms with Gasteiger partial charge in [-0.15, -0.1) is 0 Å². The summed E-state index contributed by atoms with van der Waals surface area (Å²) in [7, 11) is 0. The SMILES string of the molecule is CCOC(=O)[C@@H](C#N)NC(=O)c1ccccc1. The molecule has 1 atom stereocenters. The third kappa shape index (κ3) is 3.61. The van der Waals surface area contributed by atoms with Crippen LogP contribution in [0.1, 0.15) is 17.3 Å². The summed E-state index contributed by atoms with van der Waals surface area (Å²) in [4.78, 5) is 22.9. The monoisotopic (exact) mass is 232 g/mol. The Labute approximate surface area is 99.0 Å². The molecule has 1 aromatic carbocycles. The van der Waals surface area contributed by atoms with Gasteiger partial charge in [0.05, 0.1) is 12.7 Å². The van der Waals surface area contributed by atoms with Crippen LogP contribution < -0.4 is 5.32 Å². The standard InChI is InChI=1S/C12H12N2O3/c1-2-17-12(16)10(8-13)14-11(15)9-6-4-3-5-7-9/h3-7,10H,2H2,1H3,(H,14,15)/t10-/m1/s1. The van der Waals surface area contributed by atoms with Crippen LogP contribution in [0.5, 0.6) is 0 Å². The van der Waals surface area contributed by atoms with E-state index in [1.165, 1.54) is 0 Å². The Morgan fingerprint density at radius 3 is 2.59 bits per heavy atom. The van der Waals surface area contributed by atoms with Crippen molar-refractivity contribution in [3.8, 4) is 6.07 Å². The number of nitrogens with zero attached hydrogens (tertiary/aromatic N) is 1. The Morgan fingerprint density at radius 1 is 1.41 bits per heavy atom. The quantitative estimate of drug-likeness (QED) is 0.781. The molecule has 1 amide bonds. The first-order valence-electron chi connectivity index (χ1n) is 5.11. The average molecular weight is 232 g/mol. The lowest BCUT2D eigenvalue weighted by Crippen LogP contribution is -2.40. The van der Waals surface area contributed by atoms with Crippen LogP contribution in [0.2, 0.25) is 0 Å². The largest absolute Gasteiger partial charge is 0.464 e. The van der Waals surface area contributed by atoms with Crippen molar-refractivity contribution in [2.24, 2.45) is 0 Å². The lowest BCUT2D eigenvalue weighted by Gasteiger charge is -2.10. The first kappa shape index (κ1) is 12.7. The number of benzene rings is 1. The minimum atomic E-state index is -1.28. The van der Waals surface area contributed by atoms with E-state index in [0.29, 0.717) is 5.56 Å². The molecule has 0 aliphatic heterocycles. The molecule has 17 heavy (non-hydrogen) atoms. The van der Waals surface area contributed by atoms with Gasteiger partial charge in [-0.3, -0.25) is 4.79 Å². The van der Waals surface area contributed by atoms with Gasteiger partial charge in [-0.05, 0) is 19.1 Å². The molecule has 1 aromatic rings. The van der Waals surface area contributed by atoms with Crippen LogP contribution in [-0.2, 0) is 9.53 Å². The van der Waals surface area contributed by atoms with Gasteiger partial charge in [0.25, 0.3) is 5.91 Å². The van der Waals surface area contributed by atoms with Gasteiger partial charge in [-0.1, -0.05) is 18.2 Å². The van der Waals surface area contributed by atoms with E-state index in [9.17, 15) is 9.59 Å². The Hall–Kier alpha value is -2.35. The number of hydrogen-bond acceptors (Lipinski definition) is 4. The van der Waals surface area contributed by atoms with Gasteiger partial charge in [-0.25, -0.2) is 4.79 Å². The molecule has 0 saturated heterocycles. The fourth-order valence-electron chi connectivity index (χ4n) is 1.17. The van der Waals surface area contributed by atoms with Crippen LogP contribution in [0.25, 0.3) is 0 Å². The minimum Gasteiger partial charge on any atom is -0.464 e. The number of ether oxygens (including phenoxy) is 1. The molecule has 5 heteroatoms.